The molecule has 0 saturated carbocycles. The molecule has 4 rings (SSSR count). The van der Waals surface area contributed by atoms with Gasteiger partial charge in [0.25, 0.3) is 0 Å². The first-order chi connectivity index (χ1) is 15.0. The molecular weight excluding hydrogens is 386 g/mol. The van der Waals surface area contributed by atoms with Crippen molar-refractivity contribution in [1.82, 2.24) is 15.2 Å². The highest BCUT2D eigenvalue weighted by Gasteiger charge is 2.24. The molecule has 1 aromatic heterocycles. The van der Waals surface area contributed by atoms with Crippen molar-refractivity contribution < 1.29 is 9.53 Å². The fourth-order valence-corrected chi connectivity index (χ4v) is 4.09. The number of ether oxygens (including phenoxy) is 1. The van der Waals surface area contributed by atoms with E-state index in [9.17, 15) is 4.79 Å². The van der Waals surface area contributed by atoms with Crippen LogP contribution in [-0.4, -0.2) is 41.7 Å². The molecule has 5 nitrogen and oxygen atoms in total. The third kappa shape index (κ3) is 4.98. The zero-order chi connectivity index (χ0) is 21.8. The molecule has 162 valence electrons. The molecule has 1 fully saturated rings. The summed E-state index contributed by atoms with van der Waals surface area (Å²) in [5.74, 6) is 1.34. The zero-order valence-corrected chi connectivity index (χ0v) is 18.6. The Bertz CT molecular complexity index is 1040. The average Bonchev–Trinajstić information content (AvgIpc) is 2.79. The lowest BCUT2D eigenvalue weighted by molar-refractivity contribution is 0.111. The van der Waals surface area contributed by atoms with Crippen molar-refractivity contribution in [3.8, 4) is 16.9 Å². The number of nitrogens with one attached hydrogen (secondary N) is 1. The summed E-state index contributed by atoms with van der Waals surface area (Å²) in [5, 5.41) is 4.16. The molecule has 1 aliphatic heterocycles. The number of amides is 2. The lowest BCUT2D eigenvalue weighted by atomic mass is 9.98. The van der Waals surface area contributed by atoms with E-state index in [4.69, 9.17) is 4.74 Å². The minimum atomic E-state index is 0.0387. The Morgan fingerprint density at radius 2 is 1.87 bits per heavy atom. The number of aromatic nitrogens is 1. The molecular formula is C26H31N3O2. The highest BCUT2D eigenvalue weighted by molar-refractivity contribution is 5.88. The number of urea groups is 1. The fraction of sp³-hybridized carbons (Fsp3) is 0.385. The van der Waals surface area contributed by atoms with E-state index in [-0.39, 0.29) is 12.1 Å². The van der Waals surface area contributed by atoms with Crippen molar-refractivity contribution in [2.24, 2.45) is 5.92 Å². The van der Waals surface area contributed by atoms with Crippen molar-refractivity contribution >= 4 is 16.9 Å². The van der Waals surface area contributed by atoms with Gasteiger partial charge in [-0.05, 0) is 47.7 Å². The number of piperidine rings is 1. The Morgan fingerprint density at radius 3 is 2.58 bits per heavy atom. The minimum Gasteiger partial charge on any atom is -0.490 e. The van der Waals surface area contributed by atoms with E-state index in [0.29, 0.717) is 12.5 Å². The van der Waals surface area contributed by atoms with Gasteiger partial charge in [0.2, 0.25) is 0 Å². The van der Waals surface area contributed by atoms with E-state index in [2.05, 4.69) is 61.4 Å². The molecule has 2 amide bonds. The molecule has 31 heavy (non-hydrogen) atoms. The normalized spacial score (nSPS) is 14.8. The molecule has 1 N–H and O–H groups in total. The Labute approximate surface area is 184 Å². The quantitative estimate of drug-likeness (QED) is 0.603. The van der Waals surface area contributed by atoms with E-state index in [1.807, 2.05) is 29.3 Å². The highest BCUT2D eigenvalue weighted by Crippen LogP contribution is 2.30. The van der Waals surface area contributed by atoms with Crippen LogP contribution in [0.2, 0.25) is 0 Å². The van der Waals surface area contributed by atoms with E-state index in [0.717, 1.165) is 48.1 Å². The monoisotopic (exact) mass is 417 g/mol. The predicted octanol–water partition coefficient (Wildman–Crippen LogP) is 5.42. The SMILES string of the molecule is Cc1c(-c2ccc(OC3CCN(C(=O)NCC(C)C)CC3)cc2)ccc2cccnc12. The van der Waals surface area contributed by atoms with Crippen LogP contribution < -0.4 is 10.1 Å². The lowest BCUT2D eigenvalue weighted by Crippen LogP contribution is -2.47. The Morgan fingerprint density at radius 1 is 1.13 bits per heavy atom. The average molecular weight is 418 g/mol. The number of nitrogens with zero attached hydrogens (tertiary/aromatic N) is 2. The number of benzene rings is 2. The second kappa shape index (κ2) is 9.38. The Hall–Kier alpha value is -3.08. The van der Waals surface area contributed by atoms with Crippen LogP contribution in [0.3, 0.4) is 0 Å². The maximum absolute atomic E-state index is 12.2. The van der Waals surface area contributed by atoms with Gasteiger partial charge in [-0.1, -0.05) is 44.2 Å². The number of carbonyl (C=O) groups is 1. The molecule has 1 saturated heterocycles. The number of aryl methyl sites for hydroxylation is 1. The molecule has 0 bridgehead atoms. The van der Waals surface area contributed by atoms with Gasteiger partial charge in [-0.25, -0.2) is 4.79 Å². The molecule has 5 heteroatoms. The van der Waals surface area contributed by atoms with Crippen LogP contribution in [0.1, 0.15) is 32.3 Å². The molecule has 0 radical (unpaired) electrons. The smallest absolute Gasteiger partial charge is 0.317 e. The van der Waals surface area contributed by atoms with Crippen LogP contribution in [0.15, 0.2) is 54.7 Å². The highest BCUT2D eigenvalue weighted by atomic mass is 16.5. The number of fused-ring (bicyclic) bond motifs is 1. The number of pyridine rings is 1. The number of carbonyl (C=O) groups excluding carboxylic acids is 1. The molecule has 0 unspecified atom stereocenters. The molecule has 2 aromatic carbocycles. The second-order valence-corrected chi connectivity index (χ2v) is 8.72. The molecule has 3 aromatic rings. The number of likely N-dealkylation sites (tertiary alicyclic amines) is 1. The molecule has 0 aliphatic carbocycles. The van der Waals surface area contributed by atoms with E-state index >= 15 is 0 Å². The van der Waals surface area contributed by atoms with Crippen LogP contribution >= 0.6 is 0 Å². The van der Waals surface area contributed by atoms with Crippen molar-refractivity contribution in [2.45, 2.75) is 39.7 Å². The standard InChI is InChI=1S/C26H31N3O2/c1-18(2)17-28-26(30)29-15-12-23(13-16-29)31-22-9-6-20(7-10-22)24-11-8-21-5-4-14-27-25(21)19(24)3/h4-11,14,18,23H,12-13,15-17H2,1-3H3,(H,28,30). The van der Waals surface area contributed by atoms with Crippen LogP contribution in [0.25, 0.3) is 22.0 Å². The minimum absolute atomic E-state index is 0.0387. The van der Waals surface area contributed by atoms with Gasteiger partial charge in [0.05, 0.1) is 5.52 Å². The van der Waals surface area contributed by atoms with E-state index < -0.39 is 0 Å². The van der Waals surface area contributed by atoms with Gasteiger partial charge >= 0.3 is 6.03 Å². The summed E-state index contributed by atoms with van der Waals surface area (Å²) in [6.07, 6.45) is 3.69. The van der Waals surface area contributed by atoms with Crippen LogP contribution in [0.4, 0.5) is 4.79 Å². The summed E-state index contributed by atoms with van der Waals surface area (Å²) in [6.45, 7) is 8.51. The largest absolute Gasteiger partial charge is 0.490 e. The van der Waals surface area contributed by atoms with Crippen LogP contribution in [0, 0.1) is 12.8 Å². The summed E-state index contributed by atoms with van der Waals surface area (Å²) in [5.41, 5.74) is 4.59. The maximum Gasteiger partial charge on any atom is 0.317 e. The number of hydrogen-bond donors (Lipinski definition) is 1. The maximum atomic E-state index is 12.2. The van der Waals surface area contributed by atoms with Gasteiger partial charge in [-0.15, -0.1) is 0 Å². The molecule has 0 atom stereocenters. The third-order valence-corrected chi connectivity index (χ3v) is 5.89. The predicted molar refractivity (Wildman–Crippen MR) is 125 cm³/mol. The Kier molecular flexibility index (Phi) is 6.40. The summed E-state index contributed by atoms with van der Waals surface area (Å²) in [4.78, 5) is 18.7. The summed E-state index contributed by atoms with van der Waals surface area (Å²) < 4.78 is 6.20. The number of rotatable bonds is 5. The van der Waals surface area contributed by atoms with Crippen molar-refractivity contribution in [3.63, 3.8) is 0 Å². The molecule has 0 spiro atoms. The van der Waals surface area contributed by atoms with Crippen molar-refractivity contribution in [1.29, 1.82) is 0 Å². The Balaban J connectivity index is 1.36. The van der Waals surface area contributed by atoms with Gasteiger partial charge in [0.15, 0.2) is 0 Å². The van der Waals surface area contributed by atoms with Crippen LogP contribution in [0.5, 0.6) is 5.75 Å². The van der Waals surface area contributed by atoms with Gasteiger partial charge in [-0.3, -0.25) is 4.98 Å². The molecule has 2 heterocycles. The first-order valence-electron chi connectivity index (χ1n) is 11.2. The van der Waals surface area contributed by atoms with Crippen LogP contribution in [-0.2, 0) is 0 Å². The van der Waals surface area contributed by atoms with E-state index in [1.165, 1.54) is 11.1 Å². The number of hydrogen-bond acceptors (Lipinski definition) is 3. The third-order valence-electron chi connectivity index (χ3n) is 5.89. The van der Waals surface area contributed by atoms with Gasteiger partial charge in [0.1, 0.15) is 11.9 Å². The second-order valence-electron chi connectivity index (χ2n) is 8.72. The van der Waals surface area contributed by atoms with E-state index in [1.54, 1.807) is 0 Å². The summed E-state index contributed by atoms with van der Waals surface area (Å²) in [6, 6.07) is 16.7. The molecule has 1 aliphatic rings. The first-order valence-corrected chi connectivity index (χ1v) is 11.2. The lowest BCUT2D eigenvalue weighted by Gasteiger charge is -2.32. The first kappa shape index (κ1) is 21.2. The van der Waals surface area contributed by atoms with Gasteiger partial charge in [-0.2, -0.15) is 0 Å². The van der Waals surface area contributed by atoms with Crippen molar-refractivity contribution in [3.05, 3.63) is 60.3 Å². The summed E-state index contributed by atoms with van der Waals surface area (Å²) >= 11 is 0. The topological polar surface area (TPSA) is 54.5 Å². The fourth-order valence-electron chi connectivity index (χ4n) is 4.09. The summed E-state index contributed by atoms with van der Waals surface area (Å²) in [7, 11) is 0. The zero-order valence-electron chi connectivity index (χ0n) is 18.6. The van der Waals surface area contributed by atoms with Gasteiger partial charge < -0.3 is 15.0 Å². The van der Waals surface area contributed by atoms with Crippen molar-refractivity contribution in [2.75, 3.05) is 19.6 Å². The van der Waals surface area contributed by atoms with Gasteiger partial charge in [0, 0.05) is 44.1 Å².